The summed E-state index contributed by atoms with van der Waals surface area (Å²) in [5.41, 5.74) is 10.1. The lowest BCUT2D eigenvalue weighted by Crippen LogP contribution is -2.01. The standard InChI is InChI=1S/C36H35NS/c1-5-7-10-19-29-23-32(27-15-11-8-12-16-27)33-24-30(36-35(37-22-6-2)25(3)26(4)38-36)20-21-31(33)34(29)28-17-13-9-14-18-28/h5,7-21,23-24,37H,6,22H2,1-4H3/b7-5-,19-10-. The number of rotatable bonds is 8. The summed E-state index contributed by atoms with van der Waals surface area (Å²) < 4.78 is 0. The Balaban J connectivity index is 1.83. The maximum absolute atomic E-state index is 3.71. The minimum Gasteiger partial charge on any atom is -0.384 e. The van der Waals surface area contributed by atoms with Gasteiger partial charge < -0.3 is 5.32 Å². The zero-order valence-electron chi connectivity index (χ0n) is 22.7. The van der Waals surface area contributed by atoms with Crippen molar-refractivity contribution in [3.8, 4) is 32.7 Å². The Kier molecular flexibility index (Phi) is 7.91. The molecule has 0 radical (unpaired) electrons. The zero-order chi connectivity index (χ0) is 26.5. The van der Waals surface area contributed by atoms with Crippen molar-refractivity contribution in [2.24, 2.45) is 0 Å². The normalized spacial score (nSPS) is 11.7. The molecule has 190 valence electrons. The molecule has 0 bridgehead atoms. The summed E-state index contributed by atoms with van der Waals surface area (Å²) in [4.78, 5) is 2.70. The Morgan fingerprint density at radius 3 is 2.16 bits per heavy atom. The number of hydrogen-bond donors (Lipinski definition) is 1. The molecule has 1 heterocycles. The van der Waals surface area contributed by atoms with Crippen LogP contribution in [0.2, 0.25) is 0 Å². The predicted molar refractivity (Wildman–Crippen MR) is 170 cm³/mol. The number of anilines is 1. The molecule has 5 rings (SSSR count). The van der Waals surface area contributed by atoms with E-state index >= 15 is 0 Å². The fourth-order valence-electron chi connectivity index (χ4n) is 5.07. The number of hydrogen-bond acceptors (Lipinski definition) is 2. The van der Waals surface area contributed by atoms with Crippen LogP contribution in [-0.2, 0) is 0 Å². The minimum atomic E-state index is 0.979. The Bertz CT molecular complexity index is 1600. The number of allylic oxidation sites excluding steroid dienone is 3. The van der Waals surface area contributed by atoms with E-state index in [9.17, 15) is 0 Å². The lowest BCUT2D eigenvalue weighted by Gasteiger charge is -2.17. The molecular formula is C36H35NS. The number of thiophene rings is 1. The molecule has 0 aliphatic rings. The number of fused-ring (bicyclic) bond motifs is 1. The third-order valence-corrected chi connectivity index (χ3v) is 8.35. The van der Waals surface area contributed by atoms with Gasteiger partial charge in [-0.3, -0.25) is 0 Å². The summed E-state index contributed by atoms with van der Waals surface area (Å²) in [5.74, 6) is 0. The van der Waals surface area contributed by atoms with Crippen molar-refractivity contribution in [1.29, 1.82) is 0 Å². The van der Waals surface area contributed by atoms with E-state index in [1.54, 1.807) is 0 Å². The van der Waals surface area contributed by atoms with Gasteiger partial charge in [-0.25, -0.2) is 0 Å². The van der Waals surface area contributed by atoms with E-state index in [1.165, 1.54) is 65.2 Å². The molecule has 1 aromatic heterocycles. The van der Waals surface area contributed by atoms with Crippen LogP contribution in [0.4, 0.5) is 5.69 Å². The molecule has 0 spiro atoms. The van der Waals surface area contributed by atoms with Crippen molar-refractivity contribution < 1.29 is 0 Å². The molecule has 0 unspecified atom stereocenters. The summed E-state index contributed by atoms with van der Waals surface area (Å²) in [6, 6.07) is 31.0. The third kappa shape index (κ3) is 5.10. The third-order valence-electron chi connectivity index (χ3n) is 7.09. The Hall–Kier alpha value is -3.88. The molecule has 2 heteroatoms. The average molecular weight is 514 g/mol. The smallest absolute Gasteiger partial charge is 0.0580 e. The van der Waals surface area contributed by atoms with Gasteiger partial charge in [0.25, 0.3) is 0 Å². The van der Waals surface area contributed by atoms with Crippen LogP contribution in [0.15, 0.2) is 103 Å². The topological polar surface area (TPSA) is 12.0 Å². The summed E-state index contributed by atoms with van der Waals surface area (Å²) in [6.07, 6.45) is 9.64. The van der Waals surface area contributed by atoms with E-state index in [4.69, 9.17) is 0 Å². The van der Waals surface area contributed by atoms with Crippen molar-refractivity contribution in [2.45, 2.75) is 34.1 Å². The first kappa shape index (κ1) is 25.8. The fraction of sp³-hybridized carbons (Fsp3) is 0.167. The molecule has 0 fully saturated rings. The SMILES string of the molecule is C/C=C\C=C/c1cc(-c2ccccc2)c2cc(-c3sc(C)c(C)c3NCCC)ccc2c1-c1ccccc1. The Morgan fingerprint density at radius 2 is 1.47 bits per heavy atom. The van der Waals surface area contributed by atoms with Crippen LogP contribution in [0.25, 0.3) is 49.5 Å². The lowest BCUT2D eigenvalue weighted by atomic mass is 9.87. The first-order chi connectivity index (χ1) is 18.6. The van der Waals surface area contributed by atoms with Crippen molar-refractivity contribution in [3.05, 3.63) is 119 Å². The molecule has 4 aromatic carbocycles. The van der Waals surface area contributed by atoms with Crippen LogP contribution in [0.1, 0.15) is 36.3 Å². The molecule has 1 nitrogen and oxygen atoms in total. The second-order valence-corrected chi connectivity index (χ2v) is 10.9. The van der Waals surface area contributed by atoms with Gasteiger partial charge in [0, 0.05) is 11.4 Å². The van der Waals surface area contributed by atoms with Crippen LogP contribution >= 0.6 is 11.3 Å². The molecule has 0 saturated heterocycles. The molecular weight excluding hydrogens is 478 g/mol. The van der Waals surface area contributed by atoms with Gasteiger partial charge in [0.2, 0.25) is 0 Å². The van der Waals surface area contributed by atoms with Crippen LogP contribution in [0.5, 0.6) is 0 Å². The highest BCUT2D eigenvalue weighted by molar-refractivity contribution is 7.16. The molecule has 5 aromatic rings. The van der Waals surface area contributed by atoms with Gasteiger partial charge in [-0.1, -0.05) is 104 Å². The molecule has 0 aliphatic carbocycles. The maximum Gasteiger partial charge on any atom is 0.0580 e. The van der Waals surface area contributed by atoms with Gasteiger partial charge in [0.15, 0.2) is 0 Å². The van der Waals surface area contributed by atoms with E-state index in [1.807, 2.05) is 11.3 Å². The highest BCUT2D eigenvalue weighted by Crippen LogP contribution is 2.45. The van der Waals surface area contributed by atoms with E-state index < -0.39 is 0 Å². The van der Waals surface area contributed by atoms with Crippen LogP contribution in [0.3, 0.4) is 0 Å². The first-order valence-corrected chi connectivity index (χ1v) is 14.3. The number of benzene rings is 4. The van der Waals surface area contributed by atoms with Gasteiger partial charge in [-0.05, 0) is 89.0 Å². The van der Waals surface area contributed by atoms with E-state index in [2.05, 4.69) is 142 Å². The van der Waals surface area contributed by atoms with Gasteiger partial charge in [0.1, 0.15) is 0 Å². The molecule has 1 N–H and O–H groups in total. The van der Waals surface area contributed by atoms with E-state index in [0.29, 0.717) is 0 Å². The molecule has 0 amide bonds. The van der Waals surface area contributed by atoms with E-state index in [-0.39, 0.29) is 0 Å². The minimum absolute atomic E-state index is 0.979. The highest BCUT2D eigenvalue weighted by atomic mass is 32.1. The first-order valence-electron chi connectivity index (χ1n) is 13.5. The average Bonchev–Trinajstić information content (AvgIpc) is 3.25. The highest BCUT2D eigenvalue weighted by Gasteiger charge is 2.18. The van der Waals surface area contributed by atoms with Crippen molar-refractivity contribution >= 4 is 33.9 Å². The number of aryl methyl sites for hydroxylation is 1. The number of nitrogens with one attached hydrogen (secondary N) is 1. The summed E-state index contributed by atoms with van der Waals surface area (Å²) in [7, 11) is 0. The quantitative estimate of drug-likeness (QED) is 0.203. The zero-order valence-corrected chi connectivity index (χ0v) is 23.5. The van der Waals surface area contributed by atoms with Gasteiger partial charge in [-0.2, -0.15) is 0 Å². The van der Waals surface area contributed by atoms with Crippen LogP contribution < -0.4 is 5.32 Å². The second kappa shape index (κ2) is 11.7. The van der Waals surface area contributed by atoms with Gasteiger partial charge in [-0.15, -0.1) is 11.3 Å². The van der Waals surface area contributed by atoms with E-state index in [0.717, 1.165) is 13.0 Å². The van der Waals surface area contributed by atoms with Crippen LogP contribution in [-0.4, -0.2) is 6.54 Å². The van der Waals surface area contributed by atoms with Gasteiger partial charge in [0.05, 0.1) is 10.6 Å². The van der Waals surface area contributed by atoms with Crippen molar-refractivity contribution in [3.63, 3.8) is 0 Å². The molecule has 0 atom stereocenters. The Labute approximate surface area is 231 Å². The van der Waals surface area contributed by atoms with Crippen molar-refractivity contribution in [1.82, 2.24) is 0 Å². The summed E-state index contributed by atoms with van der Waals surface area (Å²) >= 11 is 1.89. The van der Waals surface area contributed by atoms with Gasteiger partial charge >= 0.3 is 0 Å². The second-order valence-electron chi connectivity index (χ2n) is 9.68. The van der Waals surface area contributed by atoms with Crippen LogP contribution in [0, 0.1) is 13.8 Å². The molecule has 38 heavy (non-hydrogen) atoms. The monoisotopic (exact) mass is 513 g/mol. The lowest BCUT2D eigenvalue weighted by molar-refractivity contribution is 0.979. The predicted octanol–water partition coefficient (Wildman–Crippen LogP) is 10.9. The fourth-order valence-corrected chi connectivity index (χ4v) is 6.20. The maximum atomic E-state index is 3.71. The Morgan fingerprint density at radius 1 is 0.763 bits per heavy atom. The molecule has 0 aliphatic heterocycles. The summed E-state index contributed by atoms with van der Waals surface area (Å²) in [6.45, 7) is 9.72. The largest absolute Gasteiger partial charge is 0.384 e. The molecule has 0 saturated carbocycles. The van der Waals surface area contributed by atoms with Crippen molar-refractivity contribution in [2.75, 3.05) is 11.9 Å². The summed E-state index contributed by atoms with van der Waals surface area (Å²) in [5, 5.41) is 6.27.